The monoisotopic (exact) mass is 270 g/mol. The van der Waals surface area contributed by atoms with Crippen LogP contribution in [0.5, 0.6) is 0 Å². The summed E-state index contributed by atoms with van der Waals surface area (Å²) in [5.41, 5.74) is 4.25. The fourth-order valence-electron chi connectivity index (χ4n) is 2.06. The number of aliphatic hydroxyl groups is 1. The van der Waals surface area contributed by atoms with Crippen LogP contribution in [0, 0.1) is 6.92 Å². The van der Waals surface area contributed by atoms with Gasteiger partial charge in [-0.2, -0.15) is 0 Å². The molecule has 0 unspecified atom stereocenters. The van der Waals surface area contributed by atoms with Gasteiger partial charge in [0.15, 0.2) is 5.58 Å². The average molecular weight is 270 g/mol. The van der Waals surface area contributed by atoms with E-state index in [9.17, 15) is 4.79 Å². The SMILES string of the molecule is Cc1ccc(CO)cc1NC(=O)c1cc2occc2[nH]1. The van der Waals surface area contributed by atoms with Crippen LogP contribution in [-0.4, -0.2) is 16.0 Å². The second-order valence-electron chi connectivity index (χ2n) is 4.64. The van der Waals surface area contributed by atoms with Crippen molar-refractivity contribution in [3.8, 4) is 0 Å². The molecule has 0 aliphatic rings. The van der Waals surface area contributed by atoms with Gasteiger partial charge in [-0.15, -0.1) is 0 Å². The molecule has 0 aliphatic carbocycles. The molecule has 2 heterocycles. The third-order valence-corrected chi connectivity index (χ3v) is 3.22. The molecule has 0 radical (unpaired) electrons. The number of anilines is 1. The molecule has 1 amide bonds. The van der Waals surface area contributed by atoms with Gasteiger partial charge in [-0.05, 0) is 24.1 Å². The molecule has 5 nitrogen and oxygen atoms in total. The van der Waals surface area contributed by atoms with E-state index in [1.54, 1.807) is 24.5 Å². The molecule has 0 saturated carbocycles. The molecule has 3 aromatic rings. The van der Waals surface area contributed by atoms with Crippen LogP contribution >= 0.6 is 0 Å². The lowest BCUT2D eigenvalue weighted by Gasteiger charge is -2.09. The highest BCUT2D eigenvalue weighted by Gasteiger charge is 2.12. The van der Waals surface area contributed by atoms with Crippen LogP contribution < -0.4 is 5.32 Å². The van der Waals surface area contributed by atoms with Gasteiger partial charge < -0.3 is 19.8 Å². The number of H-pyrrole nitrogens is 1. The van der Waals surface area contributed by atoms with Crippen LogP contribution in [0.4, 0.5) is 5.69 Å². The fourth-order valence-corrected chi connectivity index (χ4v) is 2.06. The second kappa shape index (κ2) is 4.86. The van der Waals surface area contributed by atoms with Crippen molar-refractivity contribution in [2.75, 3.05) is 5.32 Å². The zero-order valence-corrected chi connectivity index (χ0v) is 10.9. The Morgan fingerprint density at radius 3 is 2.95 bits per heavy atom. The number of hydrogen-bond acceptors (Lipinski definition) is 3. The Morgan fingerprint density at radius 1 is 1.35 bits per heavy atom. The van der Waals surface area contributed by atoms with Gasteiger partial charge in [0.2, 0.25) is 0 Å². The number of fused-ring (bicyclic) bond motifs is 1. The zero-order valence-electron chi connectivity index (χ0n) is 10.9. The first-order valence-electron chi connectivity index (χ1n) is 6.25. The summed E-state index contributed by atoms with van der Waals surface area (Å²) in [6, 6.07) is 8.88. The molecule has 0 aliphatic heterocycles. The number of nitrogens with one attached hydrogen (secondary N) is 2. The molecule has 3 N–H and O–H groups in total. The van der Waals surface area contributed by atoms with E-state index in [1.807, 2.05) is 19.1 Å². The third-order valence-electron chi connectivity index (χ3n) is 3.22. The Bertz CT molecular complexity index is 742. The number of carbonyl (C=O) groups excluding carboxylic acids is 1. The van der Waals surface area contributed by atoms with Crippen molar-refractivity contribution >= 4 is 22.7 Å². The average Bonchev–Trinajstić information content (AvgIpc) is 3.02. The molecule has 0 saturated heterocycles. The number of amides is 1. The lowest BCUT2D eigenvalue weighted by atomic mass is 10.1. The van der Waals surface area contributed by atoms with E-state index in [1.165, 1.54) is 0 Å². The van der Waals surface area contributed by atoms with E-state index >= 15 is 0 Å². The van der Waals surface area contributed by atoms with Crippen LogP contribution in [0.2, 0.25) is 0 Å². The van der Waals surface area contributed by atoms with Crippen molar-refractivity contribution < 1.29 is 14.3 Å². The number of carbonyl (C=O) groups is 1. The van der Waals surface area contributed by atoms with Gasteiger partial charge >= 0.3 is 0 Å². The van der Waals surface area contributed by atoms with Gasteiger partial charge in [0.05, 0.1) is 18.4 Å². The minimum absolute atomic E-state index is 0.0570. The number of hydrogen-bond donors (Lipinski definition) is 3. The third kappa shape index (κ3) is 2.19. The van der Waals surface area contributed by atoms with E-state index in [2.05, 4.69) is 10.3 Å². The van der Waals surface area contributed by atoms with Crippen LogP contribution in [0.3, 0.4) is 0 Å². The number of rotatable bonds is 3. The van der Waals surface area contributed by atoms with Crippen molar-refractivity contribution in [3.63, 3.8) is 0 Å². The number of aliphatic hydroxyl groups excluding tert-OH is 1. The molecular formula is C15H14N2O3. The van der Waals surface area contributed by atoms with E-state index < -0.39 is 0 Å². The largest absolute Gasteiger partial charge is 0.463 e. The Morgan fingerprint density at radius 2 is 2.20 bits per heavy atom. The maximum atomic E-state index is 12.2. The van der Waals surface area contributed by atoms with Crippen LogP contribution in [-0.2, 0) is 6.61 Å². The number of aromatic amines is 1. The lowest BCUT2D eigenvalue weighted by molar-refractivity contribution is 0.102. The maximum Gasteiger partial charge on any atom is 0.272 e. The van der Waals surface area contributed by atoms with Gasteiger partial charge in [-0.3, -0.25) is 4.79 Å². The summed E-state index contributed by atoms with van der Waals surface area (Å²) in [6.45, 7) is 1.84. The van der Waals surface area contributed by atoms with E-state index in [0.717, 1.165) is 16.6 Å². The standard InChI is InChI=1S/C15H14N2O3/c1-9-2-3-10(8-18)6-12(9)17-15(19)13-7-14-11(16-13)4-5-20-14/h2-7,16,18H,8H2,1H3,(H,17,19). The summed E-state index contributed by atoms with van der Waals surface area (Å²) in [6.07, 6.45) is 1.57. The molecule has 2 aromatic heterocycles. The number of aryl methyl sites for hydroxylation is 1. The van der Waals surface area contributed by atoms with Crippen molar-refractivity contribution in [1.29, 1.82) is 0 Å². The predicted octanol–water partition coefficient (Wildman–Crippen LogP) is 2.81. The highest BCUT2D eigenvalue weighted by molar-refractivity contribution is 6.05. The van der Waals surface area contributed by atoms with Crippen LogP contribution in [0.1, 0.15) is 21.6 Å². The molecule has 102 valence electrons. The molecule has 20 heavy (non-hydrogen) atoms. The van der Waals surface area contributed by atoms with E-state index in [0.29, 0.717) is 17.0 Å². The van der Waals surface area contributed by atoms with Crippen molar-refractivity contribution in [3.05, 3.63) is 53.4 Å². The Labute approximate surface area is 115 Å². The molecule has 0 atom stereocenters. The van der Waals surface area contributed by atoms with Crippen LogP contribution in [0.15, 0.2) is 41.0 Å². The summed E-state index contributed by atoms with van der Waals surface area (Å²) in [5.74, 6) is -0.241. The van der Waals surface area contributed by atoms with Crippen molar-refractivity contribution in [2.45, 2.75) is 13.5 Å². The highest BCUT2D eigenvalue weighted by Crippen LogP contribution is 2.20. The Balaban J connectivity index is 1.87. The van der Waals surface area contributed by atoms with Crippen LogP contribution in [0.25, 0.3) is 11.1 Å². The molecular weight excluding hydrogens is 256 g/mol. The smallest absolute Gasteiger partial charge is 0.272 e. The Kier molecular flexibility index (Phi) is 3.04. The Hall–Kier alpha value is -2.53. The molecule has 0 bridgehead atoms. The first-order valence-corrected chi connectivity index (χ1v) is 6.25. The molecule has 0 spiro atoms. The maximum absolute atomic E-state index is 12.2. The zero-order chi connectivity index (χ0) is 14.1. The minimum Gasteiger partial charge on any atom is -0.463 e. The highest BCUT2D eigenvalue weighted by atomic mass is 16.3. The second-order valence-corrected chi connectivity index (χ2v) is 4.64. The predicted molar refractivity (Wildman–Crippen MR) is 75.6 cm³/mol. The summed E-state index contributed by atoms with van der Waals surface area (Å²) in [5, 5.41) is 12.0. The van der Waals surface area contributed by atoms with Gasteiger partial charge in [-0.1, -0.05) is 12.1 Å². The summed E-state index contributed by atoms with van der Waals surface area (Å²) >= 11 is 0. The van der Waals surface area contributed by atoms with Crippen molar-refractivity contribution in [2.24, 2.45) is 0 Å². The number of aromatic nitrogens is 1. The van der Waals surface area contributed by atoms with E-state index in [4.69, 9.17) is 9.52 Å². The van der Waals surface area contributed by atoms with Gasteiger partial charge in [0.25, 0.3) is 5.91 Å². The number of furan rings is 1. The molecule has 1 aromatic carbocycles. The molecule has 0 fully saturated rings. The molecule has 3 rings (SSSR count). The van der Waals surface area contributed by atoms with Gasteiger partial charge in [-0.25, -0.2) is 0 Å². The fraction of sp³-hybridized carbons (Fsp3) is 0.133. The quantitative estimate of drug-likeness (QED) is 0.684. The first kappa shape index (κ1) is 12.5. The topological polar surface area (TPSA) is 78.3 Å². The van der Waals surface area contributed by atoms with Crippen molar-refractivity contribution in [1.82, 2.24) is 4.98 Å². The summed E-state index contributed by atoms with van der Waals surface area (Å²) in [4.78, 5) is 15.2. The van der Waals surface area contributed by atoms with Gasteiger partial charge in [0.1, 0.15) is 5.69 Å². The summed E-state index contributed by atoms with van der Waals surface area (Å²) < 4.78 is 5.21. The lowest BCUT2D eigenvalue weighted by Crippen LogP contribution is -2.13. The molecule has 5 heteroatoms. The first-order chi connectivity index (χ1) is 9.67. The number of benzene rings is 1. The summed E-state index contributed by atoms with van der Waals surface area (Å²) in [7, 11) is 0. The normalized spacial score (nSPS) is 10.9. The minimum atomic E-state index is -0.241. The van der Waals surface area contributed by atoms with E-state index in [-0.39, 0.29) is 12.5 Å². The van der Waals surface area contributed by atoms with Gasteiger partial charge in [0, 0.05) is 17.8 Å².